The van der Waals surface area contributed by atoms with Crippen molar-refractivity contribution >= 4 is 27.4 Å². The summed E-state index contributed by atoms with van der Waals surface area (Å²) in [5.41, 5.74) is -1.16. The van der Waals surface area contributed by atoms with E-state index in [4.69, 9.17) is 4.74 Å². The zero-order chi connectivity index (χ0) is 22.9. The van der Waals surface area contributed by atoms with Gasteiger partial charge in [0.1, 0.15) is 23.5 Å². The topological polar surface area (TPSA) is 140 Å². The Morgan fingerprint density at radius 2 is 2.03 bits per heavy atom. The van der Waals surface area contributed by atoms with Crippen LogP contribution in [-0.4, -0.2) is 95.9 Å². The van der Waals surface area contributed by atoms with Gasteiger partial charge >= 0.3 is 0 Å². The molecule has 3 atom stereocenters. The van der Waals surface area contributed by atoms with Gasteiger partial charge in [0, 0.05) is 25.6 Å². The van der Waals surface area contributed by atoms with Crippen LogP contribution in [-0.2, 0) is 16.8 Å². The van der Waals surface area contributed by atoms with E-state index in [9.17, 15) is 20.1 Å². The Hall–Kier alpha value is -2.50. The number of aromatic nitrogens is 2. The van der Waals surface area contributed by atoms with Gasteiger partial charge in [0.2, 0.25) is 0 Å². The van der Waals surface area contributed by atoms with Crippen LogP contribution in [0.2, 0.25) is 0 Å². The quantitative estimate of drug-likeness (QED) is 0.285. The Morgan fingerprint density at radius 1 is 1.28 bits per heavy atom. The molecule has 2 aromatic rings. The van der Waals surface area contributed by atoms with Crippen LogP contribution in [0.4, 0.5) is 5.82 Å². The molecule has 4 rings (SSSR count). The second kappa shape index (κ2) is 8.80. The summed E-state index contributed by atoms with van der Waals surface area (Å²) in [5, 5.41) is 38.6. The number of aliphatic hydroxyl groups is 3. The lowest BCUT2D eigenvalue weighted by atomic mass is 9.68. The van der Waals surface area contributed by atoms with Gasteiger partial charge in [0.25, 0.3) is 5.91 Å². The summed E-state index contributed by atoms with van der Waals surface area (Å²) in [6, 6.07) is 9.07. The maximum absolute atomic E-state index is 12.5. The lowest BCUT2D eigenvalue weighted by molar-refractivity contribution is -0.176. The Labute approximate surface area is 187 Å². The normalized spacial score (nSPS) is 26.6. The number of nitrogens with zero attached hydrogens (tertiary/aromatic N) is 3. The van der Waals surface area contributed by atoms with Crippen molar-refractivity contribution in [3.05, 3.63) is 53.5 Å². The Balaban J connectivity index is 1.38. The average molecular weight is 439 g/mol. The summed E-state index contributed by atoms with van der Waals surface area (Å²) < 4.78 is 5.11. The first-order valence-electron chi connectivity index (χ1n) is 10.6. The summed E-state index contributed by atoms with van der Waals surface area (Å²) in [6.07, 6.45) is 0.571. The second-order valence-corrected chi connectivity index (χ2v) is 8.71. The molecular formula is C20H27B2N5O5. The molecule has 1 saturated heterocycles. The number of amides is 1. The molecule has 0 bridgehead atoms. The van der Waals surface area contributed by atoms with Gasteiger partial charge in [-0.2, -0.15) is 0 Å². The molecule has 5 N–H and O–H groups in total. The number of anilines is 1. The fourth-order valence-electron chi connectivity index (χ4n) is 4.25. The predicted molar refractivity (Wildman–Crippen MR) is 121 cm³/mol. The minimum atomic E-state index is -1.48. The monoisotopic (exact) mass is 439 g/mol. The molecule has 10 nitrogen and oxygen atoms in total. The molecule has 1 aromatic heterocycles. The number of benzene rings is 1. The molecule has 2 aliphatic heterocycles. The van der Waals surface area contributed by atoms with Gasteiger partial charge in [0.05, 0.1) is 31.0 Å². The van der Waals surface area contributed by atoms with Crippen LogP contribution in [0.3, 0.4) is 0 Å². The molecule has 12 heteroatoms. The first kappa shape index (κ1) is 22.7. The zero-order valence-corrected chi connectivity index (χ0v) is 18.2. The van der Waals surface area contributed by atoms with Crippen LogP contribution in [0.5, 0.6) is 0 Å². The Bertz CT molecular complexity index is 988. The number of hydrogen-bond donors (Lipinski definition) is 5. The summed E-state index contributed by atoms with van der Waals surface area (Å²) in [6.45, 7) is 1.05. The first-order valence-corrected chi connectivity index (χ1v) is 10.6. The van der Waals surface area contributed by atoms with Crippen molar-refractivity contribution in [2.24, 2.45) is 0 Å². The van der Waals surface area contributed by atoms with Crippen molar-refractivity contribution in [1.82, 2.24) is 20.2 Å². The maximum atomic E-state index is 12.5. The van der Waals surface area contributed by atoms with E-state index in [0.717, 1.165) is 5.56 Å². The van der Waals surface area contributed by atoms with Crippen LogP contribution >= 0.6 is 0 Å². The molecule has 0 aliphatic carbocycles. The third-order valence-electron chi connectivity index (χ3n) is 5.94. The van der Waals surface area contributed by atoms with Gasteiger partial charge in [0.15, 0.2) is 15.7 Å². The van der Waals surface area contributed by atoms with Crippen molar-refractivity contribution in [3.63, 3.8) is 0 Å². The summed E-state index contributed by atoms with van der Waals surface area (Å²) >= 11 is 0. The molecule has 32 heavy (non-hydrogen) atoms. The third-order valence-corrected chi connectivity index (χ3v) is 5.94. The molecule has 0 radical (unpaired) electrons. The summed E-state index contributed by atoms with van der Waals surface area (Å²) in [7, 11) is 3.19. The van der Waals surface area contributed by atoms with Gasteiger partial charge in [-0.1, -0.05) is 24.3 Å². The molecule has 1 aromatic carbocycles. The molecular weight excluding hydrogens is 412 g/mol. The largest absolute Gasteiger partial charge is 0.390 e. The summed E-state index contributed by atoms with van der Waals surface area (Å²) in [5.74, 6) is 0.0694. The molecule has 168 valence electrons. The van der Waals surface area contributed by atoms with Crippen molar-refractivity contribution in [3.8, 4) is 0 Å². The smallest absolute Gasteiger partial charge is 0.270 e. The van der Waals surface area contributed by atoms with E-state index in [2.05, 4.69) is 20.6 Å². The lowest BCUT2D eigenvalue weighted by Crippen LogP contribution is -2.66. The van der Waals surface area contributed by atoms with Crippen LogP contribution < -0.4 is 10.6 Å². The van der Waals surface area contributed by atoms with Crippen LogP contribution in [0.25, 0.3) is 0 Å². The molecule has 3 unspecified atom stereocenters. The molecule has 0 saturated carbocycles. The van der Waals surface area contributed by atoms with E-state index >= 15 is 0 Å². The number of carbonyl (C=O) groups is 1. The molecule has 0 spiro atoms. The fraction of sp³-hybridized carbons (Fsp3) is 0.450. The predicted octanol–water partition coefficient (Wildman–Crippen LogP) is -3.05. The second-order valence-electron chi connectivity index (χ2n) is 8.71. The molecule has 3 heterocycles. The maximum Gasteiger partial charge on any atom is 0.270 e. The van der Waals surface area contributed by atoms with Gasteiger partial charge in [-0.3, -0.25) is 9.69 Å². The van der Waals surface area contributed by atoms with Crippen molar-refractivity contribution in [1.29, 1.82) is 0 Å². The van der Waals surface area contributed by atoms with Gasteiger partial charge in [-0.05, 0) is 11.1 Å². The van der Waals surface area contributed by atoms with Gasteiger partial charge < -0.3 is 30.7 Å². The van der Waals surface area contributed by atoms with Crippen LogP contribution in [0.15, 0.2) is 36.7 Å². The van der Waals surface area contributed by atoms with Crippen molar-refractivity contribution < 1.29 is 24.9 Å². The third kappa shape index (κ3) is 4.64. The van der Waals surface area contributed by atoms with E-state index in [-0.39, 0.29) is 24.8 Å². The zero-order valence-electron chi connectivity index (χ0n) is 18.2. The highest BCUT2D eigenvalue weighted by Gasteiger charge is 2.47. The van der Waals surface area contributed by atoms with Gasteiger partial charge in [-0.15, -0.1) is 0 Å². The van der Waals surface area contributed by atoms with Crippen molar-refractivity contribution in [2.75, 3.05) is 31.6 Å². The van der Waals surface area contributed by atoms with Gasteiger partial charge in [-0.25, -0.2) is 9.97 Å². The number of hydrogen-bond acceptors (Lipinski definition) is 9. The standard InChI is InChI=1S/C20H27B2N5O5/c21-19(30)6-12-3-1-2-4-15(12)20(22,31)27(19)8-14(28)7-23-18(29)16-5-17(25-11-24-16)26-13-9-32-10-13/h1-5,11,13-14,28,30-31H,6-10,21-22H2,(H,23,29)(H,24,25,26). The number of ether oxygens (including phenoxy) is 1. The summed E-state index contributed by atoms with van der Waals surface area (Å²) in [4.78, 5) is 22.0. The molecule has 2 aliphatic rings. The SMILES string of the molecule is BC1(O)Cc2ccccc2C(B)(O)N1CC(O)CNC(=O)c1cc(NC2COC2)ncn1. The van der Waals surface area contributed by atoms with Crippen LogP contribution in [0.1, 0.15) is 21.6 Å². The first-order chi connectivity index (χ1) is 15.2. The lowest BCUT2D eigenvalue weighted by Gasteiger charge is -2.52. The van der Waals surface area contributed by atoms with E-state index in [1.165, 1.54) is 17.3 Å². The number of fused-ring (bicyclic) bond motifs is 1. The fourth-order valence-corrected chi connectivity index (χ4v) is 4.25. The minimum Gasteiger partial charge on any atom is -0.390 e. The Kier molecular flexibility index (Phi) is 6.24. The number of aliphatic hydroxyl groups excluding tert-OH is 1. The highest BCUT2D eigenvalue weighted by atomic mass is 16.5. The van der Waals surface area contributed by atoms with E-state index in [1.807, 2.05) is 24.3 Å². The molecule has 1 amide bonds. The molecule has 1 fully saturated rings. The van der Waals surface area contributed by atoms with E-state index in [0.29, 0.717) is 31.0 Å². The van der Waals surface area contributed by atoms with E-state index < -0.39 is 23.3 Å². The number of nitrogens with one attached hydrogen (secondary N) is 2. The van der Waals surface area contributed by atoms with E-state index in [1.54, 1.807) is 15.7 Å². The average Bonchev–Trinajstić information content (AvgIpc) is 2.72. The minimum absolute atomic E-state index is 0.0487. The van der Waals surface area contributed by atoms with Crippen molar-refractivity contribution in [2.45, 2.75) is 29.8 Å². The number of carbonyl (C=O) groups excluding carboxylic acids is 1. The van der Waals surface area contributed by atoms with Crippen LogP contribution in [0, 0.1) is 0 Å². The Morgan fingerprint density at radius 3 is 2.75 bits per heavy atom. The number of β-amino-alcohol motifs (C(OH)–C–C–N with tert-alkyl or cyclic N) is 1. The highest BCUT2D eigenvalue weighted by molar-refractivity contribution is 6.18. The number of rotatable bonds is 7. The highest BCUT2D eigenvalue weighted by Crippen LogP contribution is 2.37.